The van der Waals surface area contributed by atoms with Crippen molar-refractivity contribution in [2.45, 2.75) is 40.2 Å². The highest BCUT2D eigenvalue weighted by atomic mass is 15.2. The molecule has 1 unspecified atom stereocenters. The molecule has 1 aliphatic heterocycles. The highest BCUT2D eigenvalue weighted by molar-refractivity contribution is 5.38. The molecule has 1 saturated heterocycles. The van der Waals surface area contributed by atoms with Gasteiger partial charge in [-0.3, -0.25) is 4.90 Å². The van der Waals surface area contributed by atoms with Crippen molar-refractivity contribution in [3.8, 4) is 0 Å². The zero-order valence-electron chi connectivity index (χ0n) is 12.2. The zero-order chi connectivity index (χ0) is 13.1. The van der Waals surface area contributed by atoms with Gasteiger partial charge in [-0.15, -0.1) is 0 Å². The van der Waals surface area contributed by atoms with E-state index in [9.17, 15) is 0 Å². The first-order valence-electron chi connectivity index (χ1n) is 7.12. The van der Waals surface area contributed by atoms with Gasteiger partial charge in [0.15, 0.2) is 0 Å². The molecule has 18 heavy (non-hydrogen) atoms. The molecule has 0 amide bonds. The van der Waals surface area contributed by atoms with E-state index in [1.165, 1.54) is 35.2 Å². The molecule has 0 aromatic heterocycles. The Morgan fingerprint density at radius 3 is 2.50 bits per heavy atom. The highest BCUT2D eigenvalue weighted by Crippen LogP contribution is 2.26. The number of hydrogen-bond acceptors (Lipinski definition) is 2. The second-order valence-corrected chi connectivity index (χ2v) is 5.61. The second kappa shape index (κ2) is 5.85. The Labute approximate surface area is 111 Å². The van der Waals surface area contributed by atoms with Gasteiger partial charge in [-0.05, 0) is 69.5 Å². The average Bonchev–Trinajstić information content (AvgIpc) is 2.61. The van der Waals surface area contributed by atoms with Crippen molar-refractivity contribution < 1.29 is 0 Å². The van der Waals surface area contributed by atoms with Crippen LogP contribution in [-0.4, -0.2) is 31.1 Å². The van der Waals surface area contributed by atoms with Gasteiger partial charge in [-0.2, -0.15) is 0 Å². The van der Waals surface area contributed by atoms with E-state index in [1.807, 2.05) is 0 Å². The molecule has 100 valence electrons. The van der Waals surface area contributed by atoms with Gasteiger partial charge in [0.25, 0.3) is 0 Å². The number of rotatable bonds is 2. The lowest BCUT2D eigenvalue weighted by atomic mass is 9.95. The number of hydrogen-bond donors (Lipinski definition) is 1. The fraction of sp³-hybridized carbons (Fsp3) is 0.625. The van der Waals surface area contributed by atoms with E-state index in [1.54, 1.807) is 0 Å². The first-order chi connectivity index (χ1) is 8.59. The van der Waals surface area contributed by atoms with Gasteiger partial charge in [0.1, 0.15) is 0 Å². The molecule has 1 fully saturated rings. The van der Waals surface area contributed by atoms with Gasteiger partial charge in [0, 0.05) is 19.1 Å². The van der Waals surface area contributed by atoms with Gasteiger partial charge in [-0.25, -0.2) is 0 Å². The van der Waals surface area contributed by atoms with Crippen LogP contribution in [-0.2, 0) is 0 Å². The van der Waals surface area contributed by atoms with Crippen molar-refractivity contribution in [3.05, 3.63) is 34.4 Å². The summed E-state index contributed by atoms with van der Waals surface area (Å²) in [6, 6.07) is 5.24. The third-order valence-electron chi connectivity index (χ3n) is 4.25. The molecular formula is C16H26N2. The first kappa shape index (κ1) is 13.6. The van der Waals surface area contributed by atoms with Crippen LogP contribution in [0, 0.1) is 20.8 Å². The van der Waals surface area contributed by atoms with Gasteiger partial charge in [-0.1, -0.05) is 12.1 Å². The Bertz CT molecular complexity index is 404. The summed E-state index contributed by atoms with van der Waals surface area (Å²) in [5.41, 5.74) is 5.75. The molecule has 1 N–H and O–H groups in total. The summed E-state index contributed by atoms with van der Waals surface area (Å²) < 4.78 is 0. The molecule has 1 heterocycles. The lowest BCUT2D eigenvalue weighted by molar-refractivity contribution is 0.224. The van der Waals surface area contributed by atoms with E-state index in [4.69, 9.17) is 0 Å². The zero-order valence-corrected chi connectivity index (χ0v) is 12.2. The van der Waals surface area contributed by atoms with Crippen molar-refractivity contribution >= 4 is 0 Å². The van der Waals surface area contributed by atoms with Crippen LogP contribution < -0.4 is 5.32 Å². The molecule has 0 radical (unpaired) electrons. The maximum Gasteiger partial charge on any atom is 0.0323 e. The Hall–Kier alpha value is -0.860. The maximum absolute atomic E-state index is 3.48. The third-order valence-corrected chi connectivity index (χ3v) is 4.25. The summed E-state index contributed by atoms with van der Waals surface area (Å²) in [4.78, 5) is 2.61. The Morgan fingerprint density at radius 1 is 1.00 bits per heavy atom. The first-order valence-corrected chi connectivity index (χ1v) is 7.12. The predicted molar refractivity (Wildman–Crippen MR) is 78.1 cm³/mol. The van der Waals surface area contributed by atoms with E-state index >= 15 is 0 Å². The molecule has 2 rings (SSSR count). The lowest BCUT2D eigenvalue weighted by Gasteiger charge is -2.29. The summed E-state index contributed by atoms with van der Waals surface area (Å²) in [5.74, 6) is 0. The average molecular weight is 246 g/mol. The minimum atomic E-state index is 0.532. The topological polar surface area (TPSA) is 15.3 Å². The van der Waals surface area contributed by atoms with Crippen LogP contribution in [0.3, 0.4) is 0 Å². The van der Waals surface area contributed by atoms with Crippen LogP contribution >= 0.6 is 0 Å². The van der Waals surface area contributed by atoms with Crippen LogP contribution in [0.1, 0.15) is 41.6 Å². The second-order valence-electron chi connectivity index (χ2n) is 5.61. The molecule has 1 aromatic rings. The maximum atomic E-state index is 3.48. The van der Waals surface area contributed by atoms with Crippen LogP contribution in [0.4, 0.5) is 0 Å². The molecule has 2 nitrogen and oxygen atoms in total. The number of nitrogens with zero attached hydrogens (tertiary/aromatic N) is 1. The Kier molecular flexibility index (Phi) is 4.41. The summed E-state index contributed by atoms with van der Waals surface area (Å²) >= 11 is 0. The van der Waals surface area contributed by atoms with Crippen LogP contribution in [0.25, 0.3) is 0 Å². The SMILES string of the molecule is Cc1cc(C)c(C(C)N2CCCNCC2)cc1C. The van der Waals surface area contributed by atoms with Crippen molar-refractivity contribution in [1.82, 2.24) is 10.2 Å². The molecule has 1 aliphatic rings. The molecule has 1 atom stereocenters. The smallest absolute Gasteiger partial charge is 0.0323 e. The Balaban J connectivity index is 2.21. The molecule has 0 aliphatic carbocycles. The summed E-state index contributed by atoms with van der Waals surface area (Å²) in [6.07, 6.45) is 1.26. The Morgan fingerprint density at radius 2 is 1.72 bits per heavy atom. The quantitative estimate of drug-likeness (QED) is 0.863. The van der Waals surface area contributed by atoms with E-state index < -0.39 is 0 Å². The molecule has 0 saturated carbocycles. The third kappa shape index (κ3) is 2.93. The van der Waals surface area contributed by atoms with E-state index in [0.29, 0.717) is 6.04 Å². The molecule has 1 aromatic carbocycles. The van der Waals surface area contributed by atoms with Crippen molar-refractivity contribution in [3.63, 3.8) is 0 Å². The highest BCUT2D eigenvalue weighted by Gasteiger charge is 2.18. The minimum Gasteiger partial charge on any atom is -0.315 e. The number of aryl methyl sites for hydroxylation is 3. The van der Waals surface area contributed by atoms with Crippen LogP contribution in [0.5, 0.6) is 0 Å². The van der Waals surface area contributed by atoms with Gasteiger partial charge in [0.05, 0.1) is 0 Å². The molecule has 0 bridgehead atoms. The fourth-order valence-corrected chi connectivity index (χ4v) is 2.88. The lowest BCUT2D eigenvalue weighted by Crippen LogP contribution is -2.31. The minimum absolute atomic E-state index is 0.532. The van der Waals surface area contributed by atoms with Gasteiger partial charge in [0.2, 0.25) is 0 Å². The number of nitrogens with one attached hydrogen (secondary N) is 1. The largest absolute Gasteiger partial charge is 0.315 e. The summed E-state index contributed by atoms with van der Waals surface area (Å²) in [5, 5.41) is 3.48. The summed E-state index contributed by atoms with van der Waals surface area (Å²) in [7, 11) is 0. The van der Waals surface area contributed by atoms with E-state index in [2.05, 4.69) is 50.0 Å². The van der Waals surface area contributed by atoms with Gasteiger partial charge >= 0.3 is 0 Å². The van der Waals surface area contributed by atoms with Crippen molar-refractivity contribution in [2.24, 2.45) is 0 Å². The monoisotopic (exact) mass is 246 g/mol. The molecular weight excluding hydrogens is 220 g/mol. The van der Waals surface area contributed by atoms with E-state index in [-0.39, 0.29) is 0 Å². The van der Waals surface area contributed by atoms with Gasteiger partial charge < -0.3 is 5.32 Å². The van der Waals surface area contributed by atoms with Crippen molar-refractivity contribution in [2.75, 3.05) is 26.2 Å². The standard InChI is InChI=1S/C16H26N2/c1-12-10-14(3)16(11-13(12)2)15(4)18-8-5-6-17-7-9-18/h10-11,15,17H,5-9H2,1-4H3. The van der Waals surface area contributed by atoms with E-state index in [0.717, 1.165) is 19.6 Å². The molecule has 0 spiro atoms. The predicted octanol–water partition coefficient (Wildman–Crippen LogP) is 2.97. The fourth-order valence-electron chi connectivity index (χ4n) is 2.88. The normalized spacial score (nSPS) is 19.6. The van der Waals surface area contributed by atoms with Crippen LogP contribution in [0.15, 0.2) is 12.1 Å². The molecule has 2 heteroatoms. The van der Waals surface area contributed by atoms with Crippen LogP contribution in [0.2, 0.25) is 0 Å². The number of benzene rings is 1. The summed E-state index contributed by atoms with van der Waals surface area (Å²) in [6.45, 7) is 13.7. The van der Waals surface area contributed by atoms with Crippen molar-refractivity contribution in [1.29, 1.82) is 0 Å².